The minimum atomic E-state index is -2.14. The Balaban J connectivity index is 0.793. The van der Waals surface area contributed by atoms with Crippen molar-refractivity contribution in [1.29, 1.82) is 0 Å². The molecule has 1 aliphatic heterocycles. The fourth-order valence-electron chi connectivity index (χ4n) is 8.98. The lowest BCUT2D eigenvalue weighted by Gasteiger charge is -2.36. The number of halogens is 1. The Morgan fingerprint density at radius 1 is 0.870 bits per heavy atom. The van der Waals surface area contributed by atoms with Gasteiger partial charge in [-0.25, -0.2) is 9.18 Å². The summed E-state index contributed by atoms with van der Waals surface area (Å²) in [5.41, 5.74) is 0.143. The van der Waals surface area contributed by atoms with Gasteiger partial charge in [-0.3, -0.25) is 19.3 Å². The van der Waals surface area contributed by atoms with Gasteiger partial charge >= 0.3 is 5.97 Å². The molecule has 360 valence electrons. The SMILES string of the molecule is COc1cc(C(=O)N[C@H]2C[C@H](NC(=O)COc3cccc(C(O)(C(=O)OCC4CCN(Cc5ccccc5)CC4)c4ccccc4)c3)C2)c(F)cc1CNC[C@H](O)c1ccc(O)c2[nH]c(=O)ccc12. The number of H-pyrrole nitrogens is 1. The summed E-state index contributed by atoms with van der Waals surface area (Å²) in [7, 11) is 1.40. The Labute approximate surface area is 398 Å². The smallest absolute Gasteiger partial charge is 0.347 e. The van der Waals surface area contributed by atoms with Crippen molar-refractivity contribution in [3.63, 3.8) is 0 Å². The van der Waals surface area contributed by atoms with Crippen LogP contribution in [0.4, 0.5) is 4.39 Å². The fraction of sp³-hybridized carbons (Fsp3) is 0.321. The number of ether oxygens (including phenoxy) is 3. The molecule has 2 fully saturated rings. The van der Waals surface area contributed by atoms with Crippen LogP contribution in [0.15, 0.2) is 126 Å². The number of aliphatic hydroxyl groups is 2. The first-order valence-electron chi connectivity index (χ1n) is 23.0. The third kappa shape index (κ3) is 11.6. The van der Waals surface area contributed by atoms with Crippen molar-refractivity contribution < 1.29 is 48.3 Å². The number of hydrogen-bond donors (Lipinski definition) is 7. The van der Waals surface area contributed by atoms with Gasteiger partial charge in [-0.15, -0.1) is 0 Å². The summed E-state index contributed by atoms with van der Waals surface area (Å²) in [6.45, 7) is 2.58. The molecule has 6 aromatic rings. The van der Waals surface area contributed by atoms with Crippen LogP contribution < -0.4 is 31.0 Å². The zero-order chi connectivity index (χ0) is 48.5. The van der Waals surface area contributed by atoms with E-state index in [1.165, 1.54) is 49.1 Å². The van der Waals surface area contributed by atoms with E-state index in [0.717, 1.165) is 32.5 Å². The van der Waals surface area contributed by atoms with Crippen LogP contribution in [0.2, 0.25) is 0 Å². The van der Waals surface area contributed by atoms with Crippen molar-refractivity contribution in [3.8, 4) is 17.2 Å². The summed E-state index contributed by atoms with van der Waals surface area (Å²) in [6, 6.07) is 32.9. The van der Waals surface area contributed by atoms with E-state index < -0.39 is 40.9 Å². The lowest BCUT2D eigenvalue weighted by molar-refractivity contribution is -0.164. The van der Waals surface area contributed by atoms with Gasteiger partial charge in [-0.1, -0.05) is 78.9 Å². The maximum absolute atomic E-state index is 15.4. The van der Waals surface area contributed by atoms with E-state index in [4.69, 9.17) is 14.2 Å². The number of nitrogens with zero attached hydrogens (tertiary/aromatic N) is 1. The van der Waals surface area contributed by atoms with Crippen molar-refractivity contribution in [2.24, 2.45) is 5.92 Å². The second kappa shape index (κ2) is 21.9. The first kappa shape index (κ1) is 48.4. The van der Waals surface area contributed by atoms with Gasteiger partial charge in [-0.2, -0.15) is 0 Å². The maximum Gasteiger partial charge on any atom is 0.347 e. The molecule has 2 heterocycles. The standard InChI is InChI=1S/C53H56FN5O10/c1-67-47-27-43(44(54)23-35(47)28-55-29-46(61)41-15-17-45(60)50-42(41)16-18-48(62)58-50)51(64)57-39-25-38(26-39)56-49(63)32-68-40-14-8-13-37(24-40)53(66,36-11-6-3-7-12-36)52(65)69-31-34-19-21-59(22-20-34)30-33-9-4-2-5-10-33/h2-18,23-24,27,34,38-39,46,55,60-61,66H,19-22,25-26,28-32H2,1H3,(H,56,63)(H,57,64)(H,58,62)/t38-,39-,46-,53?/m0/s1. The van der Waals surface area contributed by atoms with Crippen LogP contribution in [-0.4, -0.2) is 95.0 Å². The molecule has 16 heteroatoms. The quantitative estimate of drug-likeness (QED) is 0.0513. The van der Waals surface area contributed by atoms with E-state index in [2.05, 4.69) is 38.0 Å². The number of piperidine rings is 1. The second-order valence-electron chi connectivity index (χ2n) is 17.7. The number of aliphatic hydroxyl groups excluding tert-OH is 1. The molecule has 1 aliphatic carbocycles. The molecular formula is C53H56FN5O10. The highest BCUT2D eigenvalue weighted by Crippen LogP contribution is 2.34. The first-order chi connectivity index (χ1) is 33.4. The van der Waals surface area contributed by atoms with Crippen molar-refractivity contribution in [1.82, 2.24) is 25.8 Å². The van der Waals surface area contributed by atoms with Gasteiger partial charge in [0.1, 0.15) is 23.1 Å². The van der Waals surface area contributed by atoms with E-state index >= 15 is 4.39 Å². The topological polar surface area (TPSA) is 212 Å². The van der Waals surface area contributed by atoms with Crippen molar-refractivity contribution in [2.45, 2.75) is 62.6 Å². The zero-order valence-electron chi connectivity index (χ0n) is 38.2. The molecule has 5 aromatic carbocycles. The number of pyridine rings is 1. The molecule has 7 N–H and O–H groups in total. The average Bonchev–Trinajstić information content (AvgIpc) is 3.35. The van der Waals surface area contributed by atoms with E-state index in [1.807, 2.05) is 18.2 Å². The molecule has 1 saturated heterocycles. The number of nitrogens with one attached hydrogen (secondary N) is 4. The molecule has 1 aromatic heterocycles. The van der Waals surface area contributed by atoms with E-state index in [-0.39, 0.29) is 78.2 Å². The number of hydrogen-bond acceptors (Lipinski definition) is 12. The molecule has 2 amide bonds. The number of phenols is 1. The molecule has 1 saturated carbocycles. The number of aromatic nitrogens is 1. The predicted octanol–water partition coefficient (Wildman–Crippen LogP) is 5.35. The van der Waals surface area contributed by atoms with Crippen LogP contribution in [0, 0.1) is 11.7 Å². The van der Waals surface area contributed by atoms with E-state index in [1.54, 1.807) is 54.6 Å². The molecule has 0 radical (unpaired) electrons. The number of amides is 2. The molecule has 1 unspecified atom stereocenters. The number of esters is 1. The maximum atomic E-state index is 15.4. The molecule has 8 rings (SSSR count). The highest BCUT2D eigenvalue weighted by Gasteiger charge is 2.42. The number of phenolic OH excluding ortho intramolecular Hbond substituents is 1. The van der Waals surface area contributed by atoms with Gasteiger partial charge in [0.15, 0.2) is 6.61 Å². The van der Waals surface area contributed by atoms with E-state index in [9.17, 15) is 34.5 Å². The minimum absolute atomic E-state index is 0.0402. The number of carbonyl (C=O) groups excluding carboxylic acids is 3. The van der Waals surface area contributed by atoms with Crippen molar-refractivity contribution in [3.05, 3.63) is 171 Å². The number of fused-ring (bicyclic) bond motifs is 1. The highest BCUT2D eigenvalue weighted by molar-refractivity contribution is 5.95. The number of benzene rings is 5. The lowest BCUT2D eigenvalue weighted by atomic mass is 9.86. The lowest BCUT2D eigenvalue weighted by Crippen LogP contribution is -2.54. The van der Waals surface area contributed by atoms with Crippen LogP contribution in [-0.2, 0) is 33.0 Å². The average molecular weight is 942 g/mol. The number of likely N-dealkylation sites (tertiary alicyclic amines) is 1. The summed E-state index contributed by atoms with van der Waals surface area (Å²) in [4.78, 5) is 56.8. The number of aromatic hydroxyl groups is 1. The van der Waals surface area contributed by atoms with Gasteiger partial charge in [-0.05, 0) is 97.8 Å². The van der Waals surface area contributed by atoms with Gasteiger partial charge < -0.3 is 50.5 Å². The van der Waals surface area contributed by atoms with Crippen LogP contribution in [0.1, 0.15) is 70.0 Å². The van der Waals surface area contributed by atoms with Crippen LogP contribution in [0.25, 0.3) is 10.9 Å². The van der Waals surface area contributed by atoms with Gasteiger partial charge in [0.2, 0.25) is 11.2 Å². The number of rotatable bonds is 19. The molecule has 2 atom stereocenters. The van der Waals surface area contributed by atoms with Crippen LogP contribution in [0.3, 0.4) is 0 Å². The Morgan fingerprint density at radius 3 is 2.32 bits per heavy atom. The predicted molar refractivity (Wildman–Crippen MR) is 255 cm³/mol. The second-order valence-corrected chi connectivity index (χ2v) is 17.7. The molecule has 0 bridgehead atoms. The monoisotopic (exact) mass is 941 g/mol. The van der Waals surface area contributed by atoms with Crippen LogP contribution >= 0.6 is 0 Å². The Bertz CT molecular complexity index is 2820. The van der Waals surface area contributed by atoms with Gasteiger partial charge in [0.25, 0.3) is 11.8 Å². The normalized spacial score (nSPS) is 17.5. The third-order valence-electron chi connectivity index (χ3n) is 12.9. The fourth-order valence-corrected chi connectivity index (χ4v) is 8.98. The Kier molecular flexibility index (Phi) is 15.3. The van der Waals surface area contributed by atoms with E-state index in [0.29, 0.717) is 34.9 Å². The highest BCUT2D eigenvalue weighted by atomic mass is 19.1. The van der Waals surface area contributed by atoms with Crippen LogP contribution in [0.5, 0.6) is 17.2 Å². The minimum Gasteiger partial charge on any atom is -0.506 e. The molecular weight excluding hydrogens is 886 g/mol. The molecule has 2 aliphatic rings. The summed E-state index contributed by atoms with van der Waals surface area (Å²) >= 11 is 0. The third-order valence-corrected chi connectivity index (χ3v) is 12.9. The largest absolute Gasteiger partial charge is 0.506 e. The van der Waals surface area contributed by atoms with Crippen molar-refractivity contribution >= 4 is 28.7 Å². The van der Waals surface area contributed by atoms with Gasteiger partial charge in [0, 0.05) is 54.3 Å². The summed E-state index contributed by atoms with van der Waals surface area (Å²) in [5, 5.41) is 42.5. The Hall–Kier alpha value is -7.11. The zero-order valence-corrected chi connectivity index (χ0v) is 38.2. The first-order valence-corrected chi connectivity index (χ1v) is 23.0. The van der Waals surface area contributed by atoms with Gasteiger partial charge in [0.05, 0.1) is 30.9 Å². The number of aromatic amines is 1. The number of methoxy groups -OCH3 is 1. The summed E-state index contributed by atoms with van der Waals surface area (Å²) in [6.07, 6.45) is 1.49. The molecule has 69 heavy (non-hydrogen) atoms. The molecule has 15 nitrogen and oxygen atoms in total. The number of carbonyl (C=O) groups is 3. The Morgan fingerprint density at radius 2 is 1.58 bits per heavy atom. The summed E-state index contributed by atoms with van der Waals surface area (Å²) < 4.78 is 32.5. The van der Waals surface area contributed by atoms with Crippen molar-refractivity contribution in [2.75, 3.05) is 40.0 Å². The summed E-state index contributed by atoms with van der Waals surface area (Å²) in [5.74, 6) is -2.09. The molecule has 0 spiro atoms.